The number of hydrogen-bond donors (Lipinski definition) is 1. The summed E-state index contributed by atoms with van der Waals surface area (Å²) in [6, 6.07) is 1.37. The van der Waals surface area contributed by atoms with Gasteiger partial charge in [-0.3, -0.25) is 4.79 Å². The highest BCUT2D eigenvalue weighted by atomic mass is 16.5. The van der Waals surface area contributed by atoms with Gasteiger partial charge in [-0.2, -0.15) is 0 Å². The van der Waals surface area contributed by atoms with Crippen molar-refractivity contribution in [3.63, 3.8) is 0 Å². The zero-order valence-corrected chi connectivity index (χ0v) is 11.8. The van der Waals surface area contributed by atoms with Crippen molar-refractivity contribution in [3.8, 4) is 11.6 Å². The minimum atomic E-state index is -0.154. The van der Waals surface area contributed by atoms with Crippen LogP contribution in [0.3, 0.4) is 0 Å². The molecule has 0 unspecified atom stereocenters. The van der Waals surface area contributed by atoms with Gasteiger partial charge in [-0.1, -0.05) is 27.7 Å². The quantitative estimate of drug-likeness (QED) is 0.648. The Bertz CT molecular complexity index is 316. The Kier molecular flexibility index (Phi) is 14.0. The van der Waals surface area contributed by atoms with E-state index >= 15 is 0 Å². The van der Waals surface area contributed by atoms with Crippen LogP contribution in [-0.2, 0) is 4.74 Å². The highest BCUT2D eigenvalue weighted by molar-refractivity contribution is 5.79. The van der Waals surface area contributed by atoms with Gasteiger partial charge >= 0.3 is 0 Å². The summed E-state index contributed by atoms with van der Waals surface area (Å²) in [5.41, 5.74) is 0.160. The summed E-state index contributed by atoms with van der Waals surface area (Å²) >= 11 is 0. The van der Waals surface area contributed by atoms with Crippen LogP contribution >= 0.6 is 0 Å². The number of aromatic nitrogens is 1. The zero-order chi connectivity index (χ0) is 14.4. The van der Waals surface area contributed by atoms with Crippen LogP contribution < -0.4 is 4.74 Å². The molecule has 1 N–H and O–H groups in total. The lowest BCUT2D eigenvalue weighted by molar-refractivity contribution is 0.111. The molecule has 0 aliphatic heterocycles. The van der Waals surface area contributed by atoms with Crippen LogP contribution in [0.25, 0.3) is 0 Å². The van der Waals surface area contributed by atoms with Crippen LogP contribution in [0.2, 0.25) is 0 Å². The summed E-state index contributed by atoms with van der Waals surface area (Å²) in [5, 5.41) is 9.13. The lowest BCUT2D eigenvalue weighted by atomic mass is 10.3. The molecule has 5 nitrogen and oxygen atoms in total. The minimum Gasteiger partial charge on any atom is -0.506 e. The van der Waals surface area contributed by atoms with Crippen LogP contribution in [0.1, 0.15) is 38.1 Å². The second kappa shape index (κ2) is 13.4. The van der Waals surface area contributed by atoms with Crippen LogP contribution in [0.5, 0.6) is 11.6 Å². The van der Waals surface area contributed by atoms with E-state index in [-0.39, 0.29) is 11.3 Å². The molecule has 0 aliphatic carbocycles. The lowest BCUT2D eigenvalue weighted by Gasteiger charge is -2.04. The van der Waals surface area contributed by atoms with Gasteiger partial charge in [-0.25, -0.2) is 4.98 Å². The smallest absolute Gasteiger partial charge is 0.214 e. The topological polar surface area (TPSA) is 68.7 Å². The molecule has 0 bridgehead atoms. The molecule has 104 valence electrons. The maximum atomic E-state index is 10.4. The second-order valence-corrected chi connectivity index (χ2v) is 2.54. The van der Waals surface area contributed by atoms with Crippen molar-refractivity contribution in [1.29, 1.82) is 0 Å². The van der Waals surface area contributed by atoms with Crippen molar-refractivity contribution in [2.45, 2.75) is 27.7 Å². The van der Waals surface area contributed by atoms with Crippen LogP contribution in [0.4, 0.5) is 0 Å². The van der Waals surface area contributed by atoms with Crippen molar-refractivity contribution < 1.29 is 19.4 Å². The Morgan fingerprint density at radius 1 is 1.28 bits per heavy atom. The van der Waals surface area contributed by atoms with Crippen molar-refractivity contribution in [2.75, 3.05) is 20.3 Å². The summed E-state index contributed by atoms with van der Waals surface area (Å²) in [7, 11) is 1.56. The Morgan fingerprint density at radius 3 is 2.39 bits per heavy atom. The van der Waals surface area contributed by atoms with Gasteiger partial charge in [0.2, 0.25) is 5.88 Å². The first-order chi connectivity index (χ1) is 8.77. The third-order valence-electron chi connectivity index (χ3n) is 1.55. The van der Waals surface area contributed by atoms with Crippen LogP contribution in [0, 0.1) is 0 Å². The van der Waals surface area contributed by atoms with E-state index in [2.05, 4.69) is 4.98 Å². The van der Waals surface area contributed by atoms with Gasteiger partial charge in [0.25, 0.3) is 0 Å². The Hall–Kier alpha value is -1.62. The molecule has 0 atom stereocenters. The molecule has 0 spiro atoms. The fraction of sp³-hybridized carbons (Fsp3) is 0.538. The van der Waals surface area contributed by atoms with Crippen LogP contribution in [0.15, 0.2) is 12.3 Å². The Labute approximate surface area is 109 Å². The van der Waals surface area contributed by atoms with E-state index < -0.39 is 0 Å². The molecule has 0 aromatic carbocycles. The molecule has 0 saturated heterocycles. The number of methoxy groups -OCH3 is 1. The van der Waals surface area contributed by atoms with Gasteiger partial charge in [0.1, 0.15) is 12.4 Å². The first-order valence-electron chi connectivity index (χ1n) is 6.04. The van der Waals surface area contributed by atoms with E-state index in [4.69, 9.17) is 14.6 Å². The first kappa shape index (κ1) is 18.7. The Balaban J connectivity index is 0. The molecule has 18 heavy (non-hydrogen) atoms. The van der Waals surface area contributed by atoms with Gasteiger partial charge in [-0.15, -0.1) is 0 Å². The number of aldehydes is 1. The molecular formula is C13H23NO4. The molecule has 1 aromatic heterocycles. The average molecular weight is 257 g/mol. The van der Waals surface area contributed by atoms with E-state index in [1.165, 1.54) is 12.3 Å². The highest BCUT2D eigenvalue weighted by Crippen LogP contribution is 2.17. The van der Waals surface area contributed by atoms with Gasteiger partial charge in [0.05, 0.1) is 18.4 Å². The summed E-state index contributed by atoms with van der Waals surface area (Å²) in [5.74, 6) is 0.140. The van der Waals surface area contributed by atoms with Crippen molar-refractivity contribution in [3.05, 3.63) is 17.8 Å². The molecule has 0 radical (unpaired) electrons. The number of carbonyl (C=O) groups is 1. The summed E-state index contributed by atoms with van der Waals surface area (Å²) in [6.45, 7) is 8.80. The molecule has 1 heterocycles. The van der Waals surface area contributed by atoms with Crippen molar-refractivity contribution >= 4 is 6.29 Å². The normalized spacial score (nSPS) is 8.28. The summed E-state index contributed by atoms with van der Waals surface area (Å²) in [4.78, 5) is 14.2. The summed E-state index contributed by atoms with van der Waals surface area (Å²) in [6.07, 6.45) is 1.71. The van der Waals surface area contributed by atoms with Gasteiger partial charge in [-0.05, 0) is 0 Å². The lowest BCUT2D eigenvalue weighted by Crippen LogP contribution is -2.05. The van der Waals surface area contributed by atoms with E-state index in [1.54, 1.807) is 7.11 Å². The predicted octanol–water partition coefficient (Wildman–Crippen LogP) is 2.68. The fourth-order valence-corrected chi connectivity index (χ4v) is 0.846. The van der Waals surface area contributed by atoms with Gasteiger partial charge in [0.15, 0.2) is 6.29 Å². The number of carbonyl (C=O) groups excluding carboxylic acids is 1. The molecule has 0 fully saturated rings. The predicted molar refractivity (Wildman–Crippen MR) is 71.4 cm³/mol. The third kappa shape index (κ3) is 7.62. The largest absolute Gasteiger partial charge is 0.506 e. The number of rotatable bonds is 5. The molecule has 1 aromatic rings. The second-order valence-electron chi connectivity index (χ2n) is 2.54. The summed E-state index contributed by atoms with van der Waals surface area (Å²) < 4.78 is 9.91. The van der Waals surface area contributed by atoms with E-state index in [0.717, 1.165) is 0 Å². The molecule has 0 saturated carbocycles. The maximum Gasteiger partial charge on any atom is 0.214 e. The fourth-order valence-electron chi connectivity index (χ4n) is 0.846. The molecule has 0 amide bonds. The van der Waals surface area contributed by atoms with Crippen molar-refractivity contribution in [1.82, 2.24) is 4.98 Å². The maximum absolute atomic E-state index is 10.4. The number of nitrogens with zero attached hydrogens (tertiary/aromatic N) is 1. The highest BCUT2D eigenvalue weighted by Gasteiger charge is 2.03. The Morgan fingerprint density at radius 2 is 1.89 bits per heavy atom. The van der Waals surface area contributed by atoms with E-state index in [1.807, 2.05) is 27.7 Å². The third-order valence-corrected chi connectivity index (χ3v) is 1.55. The van der Waals surface area contributed by atoms with Crippen LogP contribution in [-0.4, -0.2) is 36.7 Å². The van der Waals surface area contributed by atoms with Gasteiger partial charge in [0, 0.05) is 13.2 Å². The van der Waals surface area contributed by atoms with E-state index in [9.17, 15) is 4.79 Å². The molecular weight excluding hydrogens is 234 g/mol. The molecule has 1 rings (SSSR count). The monoisotopic (exact) mass is 257 g/mol. The first-order valence-corrected chi connectivity index (χ1v) is 6.04. The standard InChI is InChI=1S/C9H11NO4.2C2H6/c1-13-2-3-14-9-4-7(6-11)8(12)5-10-9;2*1-2/h4-6,12H,2-3H2,1H3;2*1-2H3. The van der Waals surface area contributed by atoms with E-state index in [0.29, 0.717) is 25.4 Å². The zero-order valence-electron chi connectivity index (χ0n) is 11.8. The number of ether oxygens (including phenoxy) is 2. The SMILES string of the molecule is CC.CC.COCCOc1cc(C=O)c(O)cn1. The minimum absolute atomic E-state index is 0.154. The average Bonchev–Trinajstić information content (AvgIpc) is 2.45. The van der Waals surface area contributed by atoms with Gasteiger partial charge < -0.3 is 14.6 Å². The molecule has 0 aliphatic rings. The number of hydrogen-bond acceptors (Lipinski definition) is 5. The molecule has 5 heteroatoms. The number of aromatic hydroxyl groups is 1. The van der Waals surface area contributed by atoms with Crippen molar-refractivity contribution in [2.24, 2.45) is 0 Å². The number of pyridine rings is 1.